The van der Waals surface area contributed by atoms with Crippen molar-refractivity contribution >= 4 is 40.4 Å². The van der Waals surface area contributed by atoms with Crippen molar-refractivity contribution < 1.29 is 4.79 Å². The maximum atomic E-state index is 12.5. The molecule has 3 aromatic carbocycles. The predicted molar refractivity (Wildman–Crippen MR) is 140 cm³/mol. The Hall–Kier alpha value is -4.39. The van der Waals surface area contributed by atoms with Crippen LogP contribution in [0.2, 0.25) is 0 Å². The van der Waals surface area contributed by atoms with Crippen molar-refractivity contribution in [2.75, 3.05) is 34.9 Å². The van der Waals surface area contributed by atoms with Crippen LogP contribution in [0.15, 0.2) is 78.9 Å². The standard InChI is InChI=1S/C27H28N6O/c1-18-5-9-21(10-6-18)29-25-17-19(2)28-27(32-25)31-23-13-11-22(12-14-23)30-26(34)20-7-15-24(16-8-20)33(3)4/h5-17H,1-4H3,(H,30,34)(H2,28,29,31,32). The molecule has 0 unspecified atom stereocenters. The van der Waals surface area contributed by atoms with E-state index in [1.807, 2.05) is 92.6 Å². The highest BCUT2D eigenvalue weighted by Crippen LogP contribution is 2.21. The largest absolute Gasteiger partial charge is 0.378 e. The fraction of sp³-hybridized carbons (Fsp3) is 0.148. The van der Waals surface area contributed by atoms with E-state index in [1.165, 1.54) is 5.56 Å². The number of nitrogens with one attached hydrogen (secondary N) is 3. The fourth-order valence-corrected chi connectivity index (χ4v) is 3.35. The Morgan fingerprint density at radius 2 is 1.32 bits per heavy atom. The Morgan fingerprint density at radius 1 is 0.735 bits per heavy atom. The summed E-state index contributed by atoms with van der Waals surface area (Å²) in [5.41, 5.74) is 6.19. The average molecular weight is 453 g/mol. The summed E-state index contributed by atoms with van der Waals surface area (Å²) in [4.78, 5) is 23.6. The normalized spacial score (nSPS) is 10.5. The lowest BCUT2D eigenvalue weighted by atomic mass is 10.2. The monoisotopic (exact) mass is 452 g/mol. The van der Waals surface area contributed by atoms with Crippen LogP contribution in [-0.4, -0.2) is 30.0 Å². The van der Waals surface area contributed by atoms with Crippen LogP contribution in [0.1, 0.15) is 21.6 Å². The lowest BCUT2D eigenvalue weighted by Crippen LogP contribution is -2.13. The quantitative estimate of drug-likeness (QED) is 0.324. The van der Waals surface area contributed by atoms with Crippen molar-refractivity contribution in [2.45, 2.75) is 13.8 Å². The number of hydrogen-bond acceptors (Lipinski definition) is 6. The first-order chi connectivity index (χ1) is 16.4. The van der Waals surface area contributed by atoms with Gasteiger partial charge in [0.2, 0.25) is 5.95 Å². The molecule has 3 N–H and O–H groups in total. The van der Waals surface area contributed by atoms with E-state index in [0.717, 1.165) is 22.8 Å². The first kappa shape index (κ1) is 22.8. The maximum Gasteiger partial charge on any atom is 0.255 e. The molecule has 0 aliphatic rings. The molecule has 1 heterocycles. The highest BCUT2D eigenvalue weighted by molar-refractivity contribution is 6.04. The molecule has 0 fully saturated rings. The lowest BCUT2D eigenvalue weighted by molar-refractivity contribution is 0.102. The van der Waals surface area contributed by atoms with Gasteiger partial charge in [-0.25, -0.2) is 4.98 Å². The summed E-state index contributed by atoms with van der Waals surface area (Å²) in [6.07, 6.45) is 0. The number of anilines is 6. The van der Waals surface area contributed by atoms with E-state index in [1.54, 1.807) is 0 Å². The third kappa shape index (κ3) is 5.89. The third-order valence-corrected chi connectivity index (χ3v) is 5.22. The van der Waals surface area contributed by atoms with Crippen molar-refractivity contribution in [1.29, 1.82) is 0 Å². The summed E-state index contributed by atoms with van der Waals surface area (Å²) in [6.45, 7) is 3.98. The van der Waals surface area contributed by atoms with Gasteiger partial charge in [-0.2, -0.15) is 4.98 Å². The van der Waals surface area contributed by atoms with Crippen LogP contribution in [0.25, 0.3) is 0 Å². The molecule has 4 aromatic rings. The van der Waals surface area contributed by atoms with Gasteiger partial charge in [0.15, 0.2) is 0 Å². The summed E-state index contributed by atoms with van der Waals surface area (Å²) < 4.78 is 0. The SMILES string of the molecule is Cc1ccc(Nc2cc(C)nc(Nc3ccc(NC(=O)c4ccc(N(C)C)cc4)cc3)n2)cc1. The number of carbonyl (C=O) groups is 1. The van der Waals surface area contributed by atoms with Crippen LogP contribution in [0.5, 0.6) is 0 Å². The number of rotatable bonds is 7. The minimum absolute atomic E-state index is 0.153. The highest BCUT2D eigenvalue weighted by Gasteiger charge is 2.08. The second-order valence-corrected chi connectivity index (χ2v) is 8.31. The molecule has 34 heavy (non-hydrogen) atoms. The molecule has 0 atom stereocenters. The molecule has 0 radical (unpaired) electrons. The van der Waals surface area contributed by atoms with E-state index in [4.69, 9.17) is 0 Å². The molecule has 1 aromatic heterocycles. The molecule has 0 saturated carbocycles. The molecular formula is C27H28N6O. The maximum absolute atomic E-state index is 12.5. The smallest absolute Gasteiger partial charge is 0.255 e. The van der Waals surface area contributed by atoms with E-state index in [0.29, 0.717) is 23.0 Å². The summed E-state index contributed by atoms with van der Waals surface area (Å²) in [5, 5.41) is 9.47. The van der Waals surface area contributed by atoms with E-state index in [-0.39, 0.29) is 5.91 Å². The van der Waals surface area contributed by atoms with Gasteiger partial charge in [0.1, 0.15) is 5.82 Å². The second-order valence-electron chi connectivity index (χ2n) is 8.31. The molecule has 0 aliphatic heterocycles. The number of aromatic nitrogens is 2. The molecule has 7 heteroatoms. The molecule has 4 rings (SSSR count). The van der Waals surface area contributed by atoms with Crippen LogP contribution in [-0.2, 0) is 0 Å². The van der Waals surface area contributed by atoms with Crippen molar-refractivity contribution in [3.8, 4) is 0 Å². The van der Waals surface area contributed by atoms with Crippen LogP contribution in [0.3, 0.4) is 0 Å². The van der Waals surface area contributed by atoms with Crippen LogP contribution in [0, 0.1) is 13.8 Å². The van der Waals surface area contributed by atoms with Gasteiger partial charge >= 0.3 is 0 Å². The summed E-state index contributed by atoms with van der Waals surface area (Å²) in [6, 6.07) is 25.0. The molecule has 0 aliphatic carbocycles. The molecule has 172 valence electrons. The summed E-state index contributed by atoms with van der Waals surface area (Å²) >= 11 is 0. The van der Waals surface area contributed by atoms with Crippen LogP contribution in [0.4, 0.5) is 34.5 Å². The lowest BCUT2D eigenvalue weighted by Gasteiger charge is -2.13. The number of hydrogen-bond donors (Lipinski definition) is 3. The number of aryl methyl sites for hydroxylation is 2. The zero-order valence-corrected chi connectivity index (χ0v) is 19.8. The zero-order valence-electron chi connectivity index (χ0n) is 19.8. The van der Waals surface area contributed by atoms with E-state index in [2.05, 4.69) is 45.0 Å². The number of benzene rings is 3. The van der Waals surface area contributed by atoms with Gasteiger partial charge in [0.25, 0.3) is 5.91 Å². The van der Waals surface area contributed by atoms with Crippen molar-refractivity contribution in [1.82, 2.24) is 9.97 Å². The summed E-state index contributed by atoms with van der Waals surface area (Å²) in [7, 11) is 3.93. The van der Waals surface area contributed by atoms with Gasteiger partial charge in [0.05, 0.1) is 0 Å². The fourth-order valence-electron chi connectivity index (χ4n) is 3.35. The average Bonchev–Trinajstić information content (AvgIpc) is 2.81. The minimum atomic E-state index is -0.153. The number of carbonyl (C=O) groups excluding carboxylic acids is 1. The predicted octanol–water partition coefficient (Wildman–Crippen LogP) is 5.90. The topological polar surface area (TPSA) is 82.2 Å². The van der Waals surface area contributed by atoms with Crippen molar-refractivity contribution in [3.63, 3.8) is 0 Å². The number of amides is 1. The van der Waals surface area contributed by atoms with Crippen LogP contribution < -0.4 is 20.9 Å². The second kappa shape index (κ2) is 10.0. The Morgan fingerprint density at radius 3 is 1.97 bits per heavy atom. The summed E-state index contributed by atoms with van der Waals surface area (Å²) in [5.74, 6) is 1.05. The Bertz CT molecular complexity index is 1270. The van der Waals surface area contributed by atoms with Gasteiger partial charge in [-0.05, 0) is 74.5 Å². The third-order valence-electron chi connectivity index (χ3n) is 5.22. The van der Waals surface area contributed by atoms with Crippen LogP contribution >= 0.6 is 0 Å². The highest BCUT2D eigenvalue weighted by atomic mass is 16.1. The van der Waals surface area contributed by atoms with Gasteiger partial charge in [0, 0.05) is 54.2 Å². The van der Waals surface area contributed by atoms with Crippen molar-refractivity contribution in [2.24, 2.45) is 0 Å². The van der Waals surface area contributed by atoms with Gasteiger partial charge in [-0.15, -0.1) is 0 Å². The van der Waals surface area contributed by atoms with Crippen molar-refractivity contribution in [3.05, 3.63) is 95.7 Å². The van der Waals surface area contributed by atoms with Gasteiger partial charge < -0.3 is 20.9 Å². The van der Waals surface area contributed by atoms with E-state index < -0.39 is 0 Å². The molecule has 7 nitrogen and oxygen atoms in total. The molecule has 0 spiro atoms. The zero-order chi connectivity index (χ0) is 24.1. The van der Waals surface area contributed by atoms with E-state index >= 15 is 0 Å². The molecule has 1 amide bonds. The first-order valence-electron chi connectivity index (χ1n) is 11.0. The first-order valence-corrected chi connectivity index (χ1v) is 11.0. The Kier molecular flexibility index (Phi) is 6.73. The Balaban J connectivity index is 1.40. The molecular weight excluding hydrogens is 424 g/mol. The Labute approximate surface area is 199 Å². The molecule has 0 saturated heterocycles. The van der Waals surface area contributed by atoms with Gasteiger partial charge in [-0.1, -0.05) is 17.7 Å². The minimum Gasteiger partial charge on any atom is -0.378 e. The number of nitrogens with zero attached hydrogens (tertiary/aromatic N) is 3. The van der Waals surface area contributed by atoms with Gasteiger partial charge in [-0.3, -0.25) is 4.79 Å². The molecule has 0 bridgehead atoms. The van der Waals surface area contributed by atoms with E-state index in [9.17, 15) is 4.79 Å².